The second kappa shape index (κ2) is 14.5. The summed E-state index contributed by atoms with van der Waals surface area (Å²) in [5.74, 6) is 1.65. The Kier molecular flexibility index (Phi) is 12.4. The number of aliphatic imine (C=N–C) groups is 2. The molecule has 172 valence electrons. The SMILES string of the molecule is C=C/C(OC)=C(\C=C/CC(=O)CC1CCN(C)CC1)N=CN=CC(=C(C)NC)C(C)C. The molecule has 0 saturated carbocycles. The van der Waals surface area contributed by atoms with Gasteiger partial charge in [-0.3, -0.25) is 4.79 Å². The number of hydrogen-bond acceptors (Lipinski definition) is 5. The number of nitrogens with one attached hydrogen (secondary N) is 1. The molecule has 1 heterocycles. The smallest absolute Gasteiger partial charge is 0.143 e. The lowest BCUT2D eigenvalue weighted by Crippen LogP contribution is -2.31. The van der Waals surface area contributed by atoms with E-state index >= 15 is 0 Å². The lowest BCUT2D eigenvalue weighted by Gasteiger charge is -2.28. The Morgan fingerprint density at radius 2 is 2.00 bits per heavy atom. The highest BCUT2D eigenvalue weighted by Crippen LogP contribution is 2.20. The van der Waals surface area contributed by atoms with E-state index in [9.17, 15) is 4.79 Å². The molecule has 1 saturated heterocycles. The lowest BCUT2D eigenvalue weighted by molar-refractivity contribution is -0.119. The van der Waals surface area contributed by atoms with E-state index in [1.165, 1.54) is 6.34 Å². The van der Waals surface area contributed by atoms with Crippen LogP contribution in [0.15, 0.2) is 57.5 Å². The number of Topliss-reactive ketones (excluding diaryl/α,β-unsaturated/α-hetero) is 1. The molecule has 1 N–H and O–H groups in total. The first-order valence-corrected chi connectivity index (χ1v) is 11.0. The first kappa shape index (κ1) is 26.6. The number of rotatable bonds is 12. The van der Waals surface area contributed by atoms with Gasteiger partial charge in [0.25, 0.3) is 0 Å². The van der Waals surface area contributed by atoms with Crippen LogP contribution in [0.3, 0.4) is 0 Å². The highest BCUT2D eigenvalue weighted by Gasteiger charge is 2.18. The molecule has 0 amide bonds. The predicted molar refractivity (Wildman–Crippen MR) is 131 cm³/mol. The molecule has 0 aliphatic carbocycles. The molecule has 0 aromatic rings. The van der Waals surface area contributed by atoms with Crippen LogP contribution < -0.4 is 5.32 Å². The summed E-state index contributed by atoms with van der Waals surface area (Å²) in [5, 5.41) is 3.16. The molecule has 0 unspecified atom stereocenters. The van der Waals surface area contributed by atoms with E-state index in [2.05, 4.69) is 47.7 Å². The van der Waals surface area contributed by atoms with Crippen molar-refractivity contribution in [2.45, 2.75) is 46.5 Å². The third-order valence-electron chi connectivity index (χ3n) is 5.54. The van der Waals surface area contributed by atoms with Crippen molar-refractivity contribution >= 4 is 18.3 Å². The fourth-order valence-corrected chi connectivity index (χ4v) is 3.49. The molecule has 0 radical (unpaired) electrons. The Bertz CT molecular complexity index is 737. The average Bonchev–Trinajstić information content (AvgIpc) is 2.74. The van der Waals surface area contributed by atoms with Crippen molar-refractivity contribution in [2.24, 2.45) is 21.8 Å². The maximum atomic E-state index is 12.4. The average molecular weight is 429 g/mol. The molecule has 31 heavy (non-hydrogen) atoms. The molecular formula is C25H40N4O2. The van der Waals surface area contributed by atoms with E-state index in [1.54, 1.807) is 19.3 Å². The van der Waals surface area contributed by atoms with Gasteiger partial charge in [-0.15, -0.1) is 0 Å². The summed E-state index contributed by atoms with van der Waals surface area (Å²) in [4.78, 5) is 23.4. The monoisotopic (exact) mass is 428 g/mol. The quantitative estimate of drug-likeness (QED) is 0.215. The molecule has 0 aromatic carbocycles. The van der Waals surface area contributed by atoms with Gasteiger partial charge in [-0.1, -0.05) is 26.5 Å². The van der Waals surface area contributed by atoms with Crippen LogP contribution in [0.4, 0.5) is 0 Å². The second-order valence-electron chi connectivity index (χ2n) is 8.26. The third-order valence-corrected chi connectivity index (χ3v) is 5.54. The van der Waals surface area contributed by atoms with Gasteiger partial charge in [0.05, 0.1) is 7.11 Å². The first-order chi connectivity index (χ1) is 14.8. The Morgan fingerprint density at radius 1 is 1.32 bits per heavy atom. The molecular weight excluding hydrogens is 388 g/mol. The molecule has 1 aliphatic heterocycles. The van der Waals surface area contributed by atoms with Gasteiger partial charge in [-0.05, 0) is 69.5 Å². The van der Waals surface area contributed by atoms with Crippen molar-refractivity contribution < 1.29 is 9.53 Å². The van der Waals surface area contributed by atoms with Gasteiger partial charge in [0, 0.05) is 31.8 Å². The summed E-state index contributed by atoms with van der Waals surface area (Å²) in [5.41, 5.74) is 2.78. The van der Waals surface area contributed by atoms with Crippen molar-refractivity contribution in [3.63, 3.8) is 0 Å². The van der Waals surface area contributed by atoms with Crippen LogP contribution in [0.1, 0.15) is 46.5 Å². The Morgan fingerprint density at radius 3 is 2.55 bits per heavy atom. The summed E-state index contributed by atoms with van der Waals surface area (Å²) < 4.78 is 5.36. The Labute approximate surface area is 188 Å². The minimum atomic E-state index is 0.263. The van der Waals surface area contributed by atoms with Crippen molar-refractivity contribution in [3.8, 4) is 0 Å². The number of carbonyl (C=O) groups excluding carboxylic acids is 1. The molecule has 1 fully saturated rings. The molecule has 6 nitrogen and oxygen atoms in total. The van der Waals surface area contributed by atoms with Crippen LogP contribution in [0.5, 0.6) is 0 Å². The van der Waals surface area contributed by atoms with E-state index in [0.29, 0.717) is 36.1 Å². The first-order valence-electron chi connectivity index (χ1n) is 11.0. The molecule has 1 aliphatic rings. The highest BCUT2D eigenvalue weighted by molar-refractivity contribution is 5.86. The molecule has 0 bridgehead atoms. The third kappa shape index (κ3) is 9.92. The van der Waals surface area contributed by atoms with Gasteiger partial charge < -0.3 is 15.0 Å². The number of piperidine rings is 1. The number of methoxy groups -OCH3 is 1. The van der Waals surface area contributed by atoms with Crippen LogP contribution in [0, 0.1) is 11.8 Å². The second-order valence-corrected chi connectivity index (χ2v) is 8.26. The van der Waals surface area contributed by atoms with Crippen molar-refractivity contribution in [3.05, 3.63) is 47.5 Å². The van der Waals surface area contributed by atoms with Gasteiger partial charge in [-0.25, -0.2) is 9.98 Å². The number of ether oxygens (including phenoxy) is 1. The molecule has 0 spiro atoms. The largest absolute Gasteiger partial charge is 0.495 e. The van der Waals surface area contributed by atoms with E-state index < -0.39 is 0 Å². The van der Waals surface area contributed by atoms with E-state index in [4.69, 9.17) is 4.74 Å². The van der Waals surface area contributed by atoms with Crippen LogP contribution >= 0.6 is 0 Å². The normalized spacial score (nSPS) is 18.0. The van der Waals surface area contributed by atoms with Crippen LogP contribution in [0.2, 0.25) is 0 Å². The lowest BCUT2D eigenvalue weighted by atomic mass is 9.91. The van der Waals surface area contributed by atoms with Crippen molar-refractivity contribution in [1.29, 1.82) is 0 Å². The summed E-state index contributed by atoms with van der Waals surface area (Å²) in [7, 11) is 5.60. The number of hydrogen-bond donors (Lipinski definition) is 1. The zero-order chi connectivity index (χ0) is 23.2. The molecule has 0 atom stereocenters. The standard InChI is InChI=1S/C25H40N4O2/c1-8-25(31-7)24(28-18-27-17-23(19(2)3)20(4)26-5)11-9-10-22(30)16-21-12-14-29(6)15-13-21/h8-9,11,17-19,21,26H,1,10,12-16H2,2-7H3/b11-9-,23-20?,25-24-,27-17?,28-18?. The highest BCUT2D eigenvalue weighted by atomic mass is 16.5. The minimum absolute atomic E-state index is 0.263. The molecule has 6 heteroatoms. The van der Waals surface area contributed by atoms with Gasteiger partial charge >= 0.3 is 0 Å². The van der Waals surface area contributed by atoms with Crippen LogP contribution in [-0.4, -0.2) is 57.5 Å². The number of carbonyl (C=O) groups is 1. The predicted octanol–water partition coefficient (Wildman–Crippen LogP) is 4.53. The van der Waals surface area contributed by atoms with Gasteiger partial charge in [0.2, 0.25) is 0 Å². The number of nitrogens with zero attached hydrogens (tertiary/aromatic N) is 3. The van der Waals surface area contributed by atoms with Crippen LogP contribution in [-0.2, 0) is 9.53 Å². The van der Waals surface area contributed by atoms with E-state index in [1.807, 2.05) is 26.3 Å². The van der Waals surface area contributed by atoms with Gasteiger partial charge in [-0.2, -0.15) is 0 Å². The van der Waals surface area contributed by atoms with Gasteiger partial charge in [0.1, 0.15) is 23.6 Å². The van der Waals surface area contributed by atoms with Crippen molar-refractivity contribution in [1.82, 2.24) is 10.2 Å². The maximum Gasteiger partial charge on any atom is 0.143 e. The van der Waals surface area contributed by atoms with Crippen LogP contribution in [0.25, 0.3) is 0 Å². The summed E-state index contributed by atoms with van der Waals surface area (Å²) >= 11 is 0. The zero-order valence-electron chi connectivity index (χ0n) is 20.1. The molecule has 0 aromatic heterocycles. The fourth-order valence-electron chi connectivity index (χ4n) is 3.49. The minimum Gasteiger partial charge on any atom is -0.495 e. The number of allylic oxidation sites excluding steroid dienone is 5. The maximum absolute atomic E-state index is 12.4. The Hall–Kier alpha value is -2.47. The molecule has 1 rings (SSSR count). The Balaban J connectivity index is 2.78. The fraction of sp³-hybridized carbons (Fsp3) is 0.560. The van der Waals surface area contributed by atoms with E-state index in [0.717, 1.165) is 37.2 Å². The van der Waals surface area contributed by atoms with E-state index in [-0.39, 0.29) is 5.78 Å². The van der Waals surface area contributed by atoms with Crippen molar-refractivity contribution in [2.75, 3.05) is 34.3 Å². The zero-order valence-corrected chi connectivity index (χ0v) is 20.1. The van der Waals surface area contributed by atoms with Gasteiger partial charge in [0.15, 0.2) is 0 Å². The number of ketones is 1. The summed E-state index contributed by atoms with van der Waals surface area (Å²) in [6, 6.07) is 0. The number of likely N-dealkylation sites (tertiary alicyclic amines) is 1. The topological polar surface area (TPSA) is 66.3 Å². The summed E-state index contributed by atoms with van der Waals surface area (Å²) in [6.07, 6.45) is 11.8. The summed E-state index contributed by atoms with van der Waals surface area (Å²) in [6.45, 7) is 12.2.